The van der Waals surface area contributed by atoms with Crippen LogP contribution >= 0.6 is 0 Å². The predicted molar refractivity (Wildman–Crippen MR) is 47.0 cm³/mol. The number of halogens is 1. The van der Waals surface area contributed by atoms with E-state index in [1.165, 1.54) is 19.2 Å². The molecule has 0 saturated heterocycles. The second-order valence-electron chi connectivity index (χ2n) is 2.78. The molecule has 68 valence electrons. The molecule has 0 aliphatic rings. The van der Waals surface area contributed by atoms with E-state index < -0.39 is 0 Å². The summed E-state index contributed by atoms with van der Waals surface area (Å²) in [5.41, 5.74) is 0.638. The SMILES string of the molecule is COc1cc(F)cc(C(C)C#N)c1. The zero-order chi connectivity index (χ0) is 9.84. The van der Waals surface area contributed by atoms with Crippen molar-refractivity contribution in [1.82, 2.24) is 0 Å². The molecule has 1 rings (SSSR count). The second kappa shape index (κ2) is 3.90. The largest absolute Gasteiger partial charge is 0.497 e. The van der Waals surface area contributed by atoms with Gasteiger partial charge in [-0.25, -0.2) is 4.39 Å². The van der Waals surface area contributed by atoms with Crippen LogP contribution in [0.3, 0.4) is 0 Å². The molecule has 0 aliphatic heterocycles. The van der Waals surface area contributed by atoms with Crippen molar-refractivity contribution in [2.45, 2.75) is 12.8 Å². The van der Waals surface area contributed by atoms with Crippen LogP contribution in [0.4, 0.5) is 4.39 Å². The molecule has 1 aromatic carbocycles. The van der Waals surface area contributed by atoms with E-state index in [0.717, 1.165) is 0 Å². The Bertz CT molecular complexity index is 343. The monoisotopic (exact) mass is 179 g/mol. The third-order valence-electron chi connectivity index (χ3n) is 1.82. The van der Waals surface area contributed by atoms with Gasteiger partial charge in [-0.2, -0.15) is 5.26 Å². The summed E-state index contributed by atoms with van der Waals surface area (Å²) in [4.78, 5) is 0. The molecule has 0 radical (unpaired) electrons. The highest BCUT2D eigenvalue weighted by Gasteiger charge is 2.07. The molecule has 1 atom stereocenters. The van der Waals surface area contributed by atoms with Gasteiger partial charge in [0.25, 0.3) is 0 Å². The first-order chi connectivity index (χ1) is 6.17. The Morgan fingerprint density at radius 1 is 1.46 bits per heavy atom. The first kappa shape index (κ1) is 9.53. The van der Waals surface area contributed by atoms with E-state index in [9.17, 15) is 4.39 Å². The summed E-state index contributed by atoms with van der Waals surface area (Å²) in [6.07, 6.45) is 0. The normalized spacial score (nSPS) is 11.8. The fraction of sp³-hybridized carbons (Fsp3) is 0.300. The Morgan fingerprint density at radius 3 is 2.69 bits per heavy atom. The maximum atomic E-state index is 12.9. The summed E-state index contributed by atoms with van der Waals surface area (Å²) in [6, 6.07) is 6.33. The Labute approximate surface area is 76.6 Å². The van der Waals surface area contributed by atoms with Crippen molar-refractivity contribution >= 4 is 0 Å². The molecule has 0 amide bonds. The van der Waals surface area contributed by atoms with Crippen molar-refractivity contribution in [2.24, 2.45) is 0 Å². The van der Waals surface area contributed by atoms with E-state index in [-0.39, 0.29) is 11.7 Å². The molecule has 13 heavy (non-hydrogen) atoms. The molecule has 0 aliphatic carbocycles. The molecule has 1 aromatic rings. The van der Waals surface area contributed by atoms with Gasteiger partial charge < -0.3 is 4.74 Å². The van der Waals surface area contributed by atoms with Crippen LogP contribution in [-0.4, -0.2) is 7.11 Å². The maximum Gasteiger partial charge on any atom is 0.127 e. The van der Waals surface area contributed by atoms with Gasteiger partial charge in [0.15, 0.2) is 0 Å². The predicted octanol–water partition coefficient (Wildman–Crippen LogP) is 2.46. The third kappa shape index (κ3) is 2.19. The van der Waals surface area contributed by atoms with Gasteiger partial charge in [0.1, 0.15) is 11.6 Å². The van der Waals surface area contributed by atoms with Crippen LogP contribution in [0.2, 0.25) is 0 Å². The van der Waals surface area contributed by atoms with Crippen molar-refractivity contribution in [2.75, 3.05) is 7.11 Å². The quantitative estimate of drug-likeness (QED) is 0.698. The summed E-state index contributed by atoms with van der Waals surface area (Å²) in [7, 11) is 1.47. The second-order valence-corrected chi connectivity index (χ2v) is 2.78. The summed E-state index contributed by atoms with van der Waals surface area (Å²) in [5.74, 6) is -0.252. The van der Waals surface area contributed by atoms with Gasteiger partial charge in [-0.1, -0.05) is 0 Å². The lowest BCUT2D eigenvalue weighted by Gasteiger charge is -2.05. The smallest absolute Gasteiger partial charge is 0.127 e. The van der Waals surface area contributed by atoms with E-state index in [1.807, 2.05) is 6.07 Å². The topological polar surface area (TPSA) is 33.0 Å². The van der Waals surface area contributed by atoms with Crippen molar-refractivity contribution in [3.05, 3.63) is 29.6 Å². The molecular formula is C10H10FNO. The molecule has 0 bridgehead atoms. The highest BCUT2D eigenvalue weighted by atomic mass is 19.1. The zero-order valence-corrected chi connectivity index (χ0v) is 7.54. The maximum absolute atomic E-state index is 12.9. The van der Waals surface area contributed by atoms with Crippen LogP contribution in [-0.2, 0) is 0 Å². The Kier molecular flexibility index (Phi) is 2.86. The molecule has 0 aromatic heterocycles. The molecular weight excluding hydrogens is 169 g/mol. The van der Waals surface area contributed by atoms with Crippen LogP contribution in [0.1, 0.15) is 18.4 Å². The average molecular weight is 179 g/mol. The first-order valence-electron chi connectivity index (χ1n) is 3.91. The van der Waals surface area contributed by atoms with Crippen LogP contribution in [0.15, 0.2) is 18.2 Å². The molecule has 0 spiro atoms. The summed E-state index contributed by atoms with van der Waals surface area (Å²) >= 11 is 0. The van der Waals surface area contributed by atoms with Crippen molar-refractivity contribution in [3.63, 3.8) is 0 Å². The van der Waals surface area contributed by atoms with Crippen LogP contribution in [0.5, 0.6) is 5.75 Å². The van der Waals surface area contributed by atoms with E-state index in [2.05, 4.69) is 0 Å². The van der Waals surface area contributed by atoms with E-state index in [0.29, 0.717) is 11.3 Å². The number of hydrogen-bond acceptors (Lipinski definition) is 2. The fourth-order valence-electron chi connectivity index (χ4n) is 1.03. The van der Waals surface area contributed by atoms with E-state index >= 15 is 0 Å². The number of hydrogen-bond donors (Lipinski definition) is 0. The lowest BCUT2D eigenvalue weighted by atomic mass is 10.0. The average Bonchev–Trinajstić information content (AvgIpc) is 2.15. The highest BCUT2D eigenvalue weighted by molar-refractivity contribution is 5.33. The van der Waals surface area contributed by atoms with Crippen molar-refractivity contribution in [3.8, 4) is 11.8 Å². The van der Waals surface area contributed by atoms with Crippen molar-refractivity contribution in [1.29, 1.82) is 5.26 Å². The van der Waals surface area contributed by atoms with Gasteiger partial charge in [0.2, 0.25) is 0 Å². The third-order valence-corrected chi connectivity index (χ3v) is 1.82. The Morgan fingerprint density at radius 2 is 2.15 bits per heavy atom. The van der Waals surface area contributed by atoms with Gasteiger partial charge in [-0.05, 0) is 24.6 Å². The Hall–Kier alpha value is -1.56. The molecule has 2 nitrogen and oxygen atoms in total. The van der Waals surface area contributed by atoms with Gasteiger partial charge in [-0.3, -0.25) is 0 Å². The molecule has 0 N–H and O–H groups in total. The number of nitriles is 1. The van der Waals surface area contributed by atoms with Gasteiger partial charge in [0, 0.05) is 6.07 Å². The minimum atomic E-state index is -0.378. The number of ether oxygens (including phenoxy) is 1. The summed E-state index contributed by atoms with van der Waals surface area (Å²) in [5, 5.41) is 8.63. The molecule has 3 heteroatoms. The number of methoxy groups -OCH3 is 1. The van der Waals surface area contributed by atoms with Gasteiger partial charge >= 0.3 is 0 Å². The van der Waals surface area contributed by atoms with Gasteiger partial charge in [0.05, 0.1) is 19.1 Å². The Balaban J connectivity index is 3.10. The highest BCUT2D eigenvalue weighted by Crippen LogP contribution is 2.21. The van der Waals surface area contributed by atoms with Gasteiger partial charge in [-0.15, -0.1) is 0 Å². The fourth-order valence-corrected chi connectivity index (χ4v) is 1.03. The molecule has 0 fully saturated rings. The molecule has 0 saturated carbocycles. The van der Waals surface area contributed by atoms with E-state index in [4.69, 9.17) is 10.00 Å². The lowest BCUT2D eigenvalue weighted by Crippen LogP contribution is -1.93. The van der Waals surface area contributed by atoms with Crippen LogP contribution in [0, 0.1) is 17.1 Å². The van der Waals surface area contributed by atoms with Crippen LogP contribution < -0.4 is 4.74 Å². The standard InChI is InChI=1S/C10H10FNO/c1-7(6-12)8-3-9(11)5-10(4-8)13-2/h3-5,7H,1-2H3. The summed E-state index contributed by atoms with van der Waals surface area (Å²) < 4.78 is 17.8. The molecule has 1 unspecified atom stereocenters. The summed E-state index contributed by atoms with van der Waals surface area (Å²) in [6.45, 7) is 1.72. The minimum absolute atomic E-state index is 0.315. The van der Waals surface area contributed by atoms with Crippen molar-refractivity contribution < 1.29 is 9.13 Å². The lowest BCUT2D eigenvalue weighted by molar-refractivity contribution is 0.410. The first-order valence-corrected chi connectivity index (χ1v) is 3.91. The molecule has 0 heterocycles. The number of benzene rings is 1. The minimum Gasteiger partial charge on any atom is -0.497 e. The number of rotatable bonds is 2. The number of nitrogens with zero attached hydrogens (tertiary/aromatic N) is 1. The van der Waals surface area contributed by atoms with Crippen LogP contribution in [0.25, 0.3) is 0 Å². The van der Waals surface area contributed by atoms with E-state index in [1.54, 1.807) is 13.0 Å². The zero-order valence-electron chi connectivity index (χ0n) is 7.54.